The topological polar surface area (TPSA) is 63.8 Å². The summed E-state index contributed by atoms with van der Waals surface area (Å²) in [5, 5.41) is 14.1. The Morgan fingerprint density at radius 1 is 1.08 bits per heavy atom. The van der Waals surface area contributed by atoms with E-state index in [0.717, 1.165) is 28.0 Å². The first-order valence-electron chi connectivity index (χ1n) is 8.37. The van der Waals surface area contributed by atoms with E-state index in [1.54, 1.807) is 4.57 Å². The first-order valence-corrected chi connectivity index (χ1v) is 8.37. The van der Waals surface area contributed by atoms with E-state index in [4.69, 9.17) is 4.74 Å². The molecule has 0 saturated carbocycles. The number of para-hydroxylation sites is 1. The highest BCUT2D eigenvalue weighted by molar-refractivity contribution is 5.97. The van der Waals surface area contributed by atoms with Crippen molar-refractivity contribution in [2.75, 3.05) is 6.61 Å². The molecule has 0 aliphatic rings. The van der Waals surface area contributed by atoms with Crippen molar-refractivity contribution in [3.8, 4) is 11.6 Å². The molecule has 0 spiro atoms. The van der Waals surface area contributed by atoms with Crippen LogP contribution < -0.4 is 4.74 Å². The van der Waals surface area contributed by atoms with Crippen LogP contribution >= 0.6 is 0 Å². The van der Waals surface area contributed by atoms with Crippen LogP contribution in [0.15, 0.2) is 41.6 Å². The normalized spacial score (nSPS) is 11.0. The number of rotatable bonds is 6. The van der Waals surface area contributed by atoms with Gasteiger partial charge >= 0.3 is 0 Å². The van der Waals surface area contributed by atoms with Gasteiger partial charge < -0.3 is 14.4 Å². The van der Waals surface area contributed by atoms with E-state index >= 15 is 0 Å². The van der Waals surface area contributed by atoms with Crippen LogP contribution in [0.4, 0.5) is 5.69 Å². The fourth-order valence-corrected chi connectivity index (χ4v) is 3.13. The Labute approximate surface area is 146 Å². The molecule has 0 amide bonds. The third-order valence-electron chi connectivity index (χ3n) is 4.66. The van der Waals surface area contributed by atoms with E-state index in [1.807, 2.05) is 57.2 Å². The summed E-state index contributed by atoms with van der Waals surface area (Å²) >= 11 is 0. The van der Waals surface area contributed by atoms with Gasteiger partial charge in [-0.2, -0.15) is 0 Å². The molecule has 130 valence electrons. The van der Waals surface area contributed by atoms with Crippen LogP contribution in [0.1, 0.15) is 23.1 Å². The summed E-state index contributed by atoms with van der Waals surface area (Å²) < 4.78 is 7.58. The van der Waals surface area contributed by atoms with E-state index in [0.29, 0.717) is 25.0 Å². The number of aryl methyl sites for hydroxylation is 4. The number of aromatic hydroxyl groups is 1. The predicted molar refractivity (Wildman–Crippen MR) is 99.8 cm³/mol. The second-order valence-corrected chi connectivity index (χ2v) is 6.29. The number of hydrogen-bond acceptors (Lipinski definition) is 4. The van der Waals surface area contributed by atoms with Crippen LogP contribution in [0, 0.1) is 25.7 Å². The molecular formula is C20H22N2O3. The van der Waals surface area contributed by atoms with Crippen molar-refractivity contribution >= 4 is 16.6 Å². The number of nitrogens with zero attached hydrogens (tertiary/aromatic N) is 2. The summed E-state index contributed by atoms with van der Waals surface area (Å²) in [6.07, 6.45) is 0.706. The number of ether oxygens (including phenoxy) is 1. The highest BCUT2D eigenvalue weighted by Crippen LogP contribution is 2.40. The average molecular weight is 338 g/mol. The third-order valence-corrected chi connectivity index (χ3v) is 4.66. The van der Waals surface area contributed by atoms with E-state index < -0.39 is 0 Å². The van der Waals surface area contributed by atoms with Crippen molar-refractivity contribution in [1.82, 2.24) is 4.57 Å². The van der Waals surface area contributed by atoms with Gasteiger partial charge in [0.2, 0.25) is 5.88 Å². The maximum atomic E-state index is 11.2. The Morgan fingerprint density at radius 3 is 2.56 bits per heavy atom. The Balaban J connectivity index is 1.82. The Bertz CT molecular complexity index is 928. The molecule has 1 heterocycles. The first kappa shape index (κ1) is 17.0. The zero-order valence-corrected chi connectivity index (χ0v) is 14.7. The fourth-order valence-electron chi connectivity index (χ4n) is 3.13. The lowest BCUT2D eigenvalue weighted by Crippen LogP contribution is -2.05. The molecular weight excluding hydrogens is 316 g/mol. The van der Waals surface area contributed by atoms with Gasteiger partial charge in [-0.15, -0.1) is 4.91 Å². The van der Waals surface area contributed by atoms with Crippen LogP contribution in [0.25, 0.3) is 10.9 Å². The molecule has 2 aromatic carbocycles. The molecule has 0 fully saturated rings. The molecule has 0 saturated heterocycles. The summed E-state index contributed by atoms with van der Waals surface area (Å²) in [6, 6.07) is 11.7. The minimum Gasteiger partial charge on any atom is -0.493 e. The molecule has 0 aliphatic heterocycles. The summed E-state index contributed by atoms with van der Waals surface area (Å²) in [6.45, 7) is 7.09. The van der Waals surface area contributed by atoms with Crippen LogP contribution in [0.5, 0.6) is 11.6 Å². The zero-order valence-electron chi connectivity index (χ0n) is 14.7. The van der Waals surface area contributed by atoms with Crippen molar-refractivity contribution < 1.29 is 9.84 Å². The minimum atomic E-state index is -0.0745. The summed E-state index contributed by atoms with van der Waals surface area (Å²) in [7, 11) is 0. The Kier molecular flexibility index (Phi) is 4.74. The number of fused-ring (bicyclic) bond motifs is 1. The maximum Gasteiger partial charge on any atom is 0.222 e. The lowest BCUT2D eigenvalue weighted by molar-refractivity contribution is 0.296. The molecule has 3 rings (SSSR count). The van der Waals surface area contributed by atoms with Gasteiger partial charge in [0.05, 0.1) is 12.1 Å². The van der Waals surface area contributed by atoms with E-state index in [2.05, 4.69) is 5.18 Å². The van der Waals surface area contributed by atoms with Gasteiger partial charge in [-0.3, -0.25) is 0 Å². The number of nitroso groups, excluding NO2 is 1. The second-order valence-electron chi connectivity index (χ2n) is 6.29. The van der Waals surface area contributed by atoms with Crippen molar-refractivity contribution in [1.29, 1.82) is 0 Å². The van der Waals surface area contributed by atoms with Crippen LogP contribution in [-0.4, -0.2) is 16.3 Å². The van der Waals surface area contributed by atoms with Gasteiger partial charge in [0.1, 0.15) is 5.75 Å². The Hall–Kier alpha value is -2.82. The molecule has 0 aliphatic carbocycles. The standard InChI is InChI=1S/C20H22N2O3/c1-13-9-10-16-18(21-24)20(23)22(19(16)15(13)3)11-6-12-25-17-8-5-4-7-14(17)2/h4-5,7-10,23H,6,11-12H2,1-3H3. The molecule has 1 N–H and O–H groups in total. The molecule has 5 nitrogen and oxygen atoms in total. The van der Waals surface area contributed by atoms with Crippen LogP contribution in [0.2, 0.25) is 0 Å². The maximum absolute atomic E-state index is 11.2. The third kappa shape index (κ3) is 3.09. The fraction of sp³-hybridized carbons (Fsp3) is 0.300. The largest absolute Gasteiger partial charge is 0.493 e. The predicted octanol–water partition coefficient (Wildman–Crippen LogP) is 5.14. The minimum absolute atomic E-state index is 0.0745. The smallest absolute Gasteiger partial charge is 0.222 e. The lowest BCUT2D eigenvalue weighted by Gasteiger charge is -2.12. The molecule has 3 aromatic rings. The highest BCUT2D eigenvalue weighted by Gasteiger charge is 2.19. The lowest BCUT2D eigenvalue weighted by atomic mass is 10.1. The van der Waals surface area contributed by atoms with Crippen molar-refractivity contribution in [2.24, 2.45) is 5.18 Å². The van der Waals surface area contributed by atoms with Crippen molar-refractivity contribution in [2.45, 2.75) is 33.7 Å². The van der Waals surface area contributed by atoms with Gasteiger partial charge in [-0.05, 0) is 55.1 Å². The first-order chi connectivity index (χ1) is 12.0. The molecule has 0 unspecified atom stereocenters. The van der Waals surface area contributed by atoms with E-state index in [-0.39, 0.29) is 11.6 Å². The van der Waals surface area contributed by atoms with E-state index in [9.17, 15) is 10.0 Å². The van der Waals surface area contributed by atoms with Crippen LogP contribution in [0.3, 0.4) is 0 Å². The van der Waals surface area contributed by atoms with E-state index in [1.165, 1.54) is 0 Å². The zero-order chi connectivity index (χ0) is 18.0. The second kappa shape index (κ2) is 6.97. The quantitative estimate of drug-likeness (QED) is 0.500. The highest BCUT2D eigenvalue weighted by atomic mass is 16.5. The van der Waals surface area contributed by atoms with Crippen molar-refractivity contribution in [3.05, 3.63) is 58.0 Å². The number of benzene rings is 2. The van der Waals surface area contributed by atoms with Gasteiger partial charge in [0.25, 0.3) is 0 Å². The van der Waals surface area contributed by atoms with Gasteiger partial charge in [-0.1, -0.05) is 30.3 Å². The average Bonchev–Trinajstić information content (AvgIpc) is 2.88. The number of hydrogen-bond donors (Lipinski definition) is 1. The molecule has 25 heavy (non-hydrogen) atoms. The van der Waals surface area contributed by atoms with Gasteiger partial charge in [0, 0.05) is 11.9 Å². The summed E-state index contributed by atoms with van der Waals surface area (Å²) in [4.78, 5) is 11.2. The van der Waals surface area contributed by atoms with Gasteiger partial charge in [0.15, 0.2) is 5.69 Å². The summed E-state index contributed by atoms with van der Waals surface area (Å²) in [5.74, 6) is 0.793. The SMILES string of the molecule is Cc1ccccc1OCCCn1c(O)c(N=O)c2ccc(C)c(C)c21. The molecule has 0 bridgehead atoms. The monoisotopic (exact) mass is 338 g/mol. The van der Waals surface area contributed by atoms with Crippen molar-refractivity contribution in [3.63, 3.8) is 0 Å². The molecule has 0 radical (unpaired) electrons. The number of aromatic nitrogens is 1. The molecule has 0 atom stereocenters. The van der Waals surface area contributed by atoms with Gasteiger partial charge in [-0.25, -0.2) is 0 Å². The Morgan fingerprint density at radius 2 is 1.84 bits per heavy atom. The summed E-state index contributed by atoms with van der Waals surface area (Å²) in [5.41, 5.74) is 4.22. The molecule has 5 heteroatoms. The van der Waals surface area contributed by atoms with Crippen LogP contribution in [-0.2, 0) is 6.54 Å². The molecule has 1 aromatic heterocycles.